The molecule has 2 fully saturated rings. The molecule has 1 amide bonds. The Kier molecular flexibility index (Phi) is 3.65. The van der Waals surface area contributed by atoms with Crippen molar-refractivity contribution in [1.82, 2.24) is 4.90 Å². The summed E-state index contributed by atoms with van der Waals surface area (Å²) in [6.45, 7) is 0.776. The van der Waals surface area contributed by atoms with Crippen LogP contribution >= 0.6 is 11.8 Å². The van der Waals surface area contributed by atoms with Crippen LogP contribution < -0.4 is 0 Å². The quantitative estimate of drug-likeness (QED) is 0.632. The van der Waals surface area contributed by atoms with Crippen molar-refractivity contribution in [2.75, 3.05) is 12.3 Å². The first-order valence-corrected chi connectivity index (χ1v) is 7.85. The summed E-state index contributed by atoms with van der Waals surface area (Å²) in [6, 6.07) is 6.55. The molecular formula is C14H16N2O3S. The summed E-state index contributed by atoms with van der Waals surface area (Å²) >= 11 is 1.73. The zero-order valence-electron chi connectivity index (χ0n) is 11.0. The second-order valence-electron chi connectivity index (χ2n) is 5.31. The van der Waals surface area contributed by atoms with Crippen molar-refractivity contribution in [1.29, 1.82) is 0 Å². The molecule has 0 N–H and O–H groups in total. The zero-order valence-corrected chi connectivity index (χ0v) is 11.8. The minimum Gasteiger partial charge on any atom is -0.326 e. The van der Waals surface area contributed by atoms with E-state index in [2.05, 4.69) is 0 Å². The van der Waals surface area contributed by atoms with E-state index in [0.717, 1.165) is 17.9 Å². The summed E-state index contributed by atoms with van der Waals surface area (Å²) in [6.07, 6.45) is 3.01. The van der Waals surface area contributed by atoms with Crippen molar-refractivity contribution in [3.63, 3.8) is 0 Å². The maximum Gasteiger partial charge on any atom is 0.269 e. The van der Waals surface area contributed by atoms with E-state index in [1.807, 2.05) is 4.90 Å². The number of carbonyl (C=O) groups excluding carboxylic acids is 1. The van der Waals surface area contributed by atoms with Crippen LogP contribution in [0, 0.1) is 16.0 Å². The van der Waals surface area contributed by atoms with Gasteiger partial charge in [-0.3, -0.25) is 14.9 Å². The third kappa shape index (κ3) is 2.80. The van der Waals surface area contributed by atoms with Crippen molar-refractivity contribution in [2.45, 2.75) is 24.6 Å². The molecule has 1 saturated heterocycles. The molecule has 1 aromatic rings. The van der Waals surface area contributed by atoms with Gasteiger partial charge in [0, 0.05) is 30.9 Å². The lowest BCUT2D eigenvalue weighted by atomic mass is 10.1. The molecule has 0 aromatic heterocycles. The van der Waals surface area contributed by atoms with Crippen LogP contribution in [0.1, 0.15) is 30.2 Å². The summed E-state index contributed by atoms with van der Waals surface area (Å²) in [7, 11) is 0. The molecule has 1 aromatic carbocycles. The van der Waals surface area contributed by atoms with Gasteiger partial charge in [-0.05, 0) is 36.5 Å². The van der Waals surface area contributed by atoms with Crippen molar-refractivity contribution >= 4 is 23.4 Å². The molecule has 20 heavy (non-hydrogen) atoms. The first-order valence-electron chi connectivity index (χ1n) is 6.80. The van der Waals surface area contributed by atoms with Gasteiger partial charge in [0.15, 0.2) is 0 Å². The number of thioether (sulfide) groups is 1. The molecule has 1 heterocycles. The van der Waals surface area contributed by atoms with Gasteiger partial charge in [0.1, 0.15) is 5.37 Å². The van der Waals surface area contributed by atoms with Gasteiger partial charge in [-0.2, -0.15) is 0 Å². The van der Waals surface area contributed by atoms with E-state index in [9.17, 15) is 14.9 Å². The standard InChI is InChI=1S/C14H16N2O3S/c17-13(9-10-1-2-10)15-7-8-20-14(15)11-3-5-12(6-4-11)16(18)19/h3-6,10,14H,1-2,7-9H2. The summed E-state index contributed by atoms with van der Waals surface area (Å²) in [4.78, 5) is 24.4. The van der Waals surface area contributed by atoms with E-state index in [1.165, 1.54) is 25.0 Å². The van der Waals surface area contributed by atoms with E-state index in [1.54, 1.807) is 23.9 Å². The Bertz CT molecular complexity index is 528. The number of rotatable bonds is 4. The van der Waals surface area contributed by atoms with Gasteiger partial charge in [-0.15, -0.1) is 11.8 Å². The van der Waals surface area contributed by atoms with Crippen molar-refractivity contribution in [3.05, 3.63) is 39.9 Å². The minimum atomic E-state index is -0.401. The third-order valence-corrected chi connectivity index (χ3v) is 5.02. The number of non-ortho nitro benzene ring substituents is 1. The van der Waals surface area contributed by atoms with Crippen LogP contribution in [0.2, 0.25) is 0 Å². The van der Waals surface area contributed by atoms with E-state index in [0.29, 0.717) is 12.3 Å². The van der Waals surface area contributed by atoms with Gasteiger partial charge in [0.05, 0.1) is 4.92 Å². The lowest BCUT2D eigenvalue weighted by Gasteiger charge is -2.24. The molecule has 2 aliphatic rings. The number of hydrogen-bond acceptors (Lipinski definition) is 4. The number of carbonyl (C=O) groups is 1. The topological polar surface area (TPSA) is 63.5 Å². The SMILES string of the molecule is O=C(CC1CC1)N1CCSC1c1ccc([N+](=O)[O-])cc1. The van der Waals surface area contributed by atoms with Gasteiger partial charge >= 0.3 is 0 Å². The van der Waals surface area contributed by atoms with Crippen LogP contribution in [0.3, 0.4) is 0 Å². The molecule has 0 spiro atoms. The molecule has 5 nitrogen and oxygen atoms in total. The van der Waals surface area contributed by atoms with Crippen LogP contribution in [0.5, 0.6) is 0 Å². The molecule has 0 bridgehead atoms. The highest BCUT2D eigenvalue weighted by Gasteiger charge is 2.34. The molecule has 1 atom stereocenters. The summed E-state index contributed by atoms with van der Waals surface area (Å²) in [5, 5.41) is 10.7. The highest BCUT2D eigenvalue weighted by molar-refractivity contribution is 7.99. The molecule has 0 radical (unpaired) electrons. The highest BCUT2D eigenvalue weighted by Crippen LogP contribution is 2.40. The molecule has 1 unspecified atom stereocenters. The molecule has 1 saturated carbocycles. The van der Waals surface area contributed by atoms with E-state index >= 15 is 0 Å². The van der Waals surface area contributed by atoms with Gasteiger partial charge in [-0.25, -0.2) is 0 Å². The lowest BCUT2D eigenvalue weighted by molar-refractivity contribution is -0.384. The lowest BCUT2D eigenvalue weighted by Crippen LogP contribution is -2.30. The predicted molar refractivity (Wildman–Crippen MR) is 77.3 cm³/mol. The van der Waals surface area contributed by atoms with Gasteiger partial charge in [0.25, 0.3) is 5.69 Å². The number of nitro benzene ring substituents is 1. The number of nitrogens with zero attached hydrogens (tertiary/aromatic N) is 2. The second-order valence-corrected chi connectivity index (χ2v) is 6.49. The molecular weight excluding hydrogens is 276 g/mol. The zero-order chi connectivity index (χ0) is 14.1. The third-order valence-electron chi connectivity index (χ3n) is 3.76. The Morgan fingerprint density at radius 2 is 2.05 bits per heavy atom. The largest absolute Gasteiger partial charge is 0.326 e. The Labute approximate surface area is 121 Å². The Hall–Kier alpha value is -1.56. The van der Waals surface area contributed by atoms with Crippen LogP contribution in [0.15, 0.2) is 24.3 Å². The fraction of sp³-hybridized carbons (Fsp3) is 0.500. The molecule has 1 aliphatic heterocycles. The summed E-state index contributed by atoms with van der Waals surface area (Å²) in [5.41, 5.74) is 1.06. The van der Waals surface area contributed by atoms with E-state index < -0.39 is 4.92 Å². The molecule has 6 heteroatoms. The average Bonchev–Trinajstić information content (AvgIpc) is 3.11. The van der Waals surface area contributed by atoms with E-state index in [-0.39, 0.29) is 17.0 Å². The molecule has 106 valence electrons. The number of nitro groups is 1. The number of amides is 1. The Morgan fingerprint density at radius 3 is 2.65 bits per heavy atom. The fourth-order valence-corrected chi connectivity index (χ4v) is 3.73. The van der Waals surface area contributed by atoms with Crippen molar-refractivity contribution in [2.24, 2.45) is 5.92 Å². The fourth-order valence-electron chi connectivity index (χ4n) is 2.45. The van der Waals surface area contributed by atoms with Gasteiger partial charge in [0.2, 0.25) is 5.91 Å². The number of hydrogen-bond donors (Lipinski definition) is 0. The maximum atomic E-state index is 12.3. The monoisotopic (exact) mass is 292 g/mol. The van der Waals surface area contributed by atoms with Gasteiger partial charge in [-0.1, -0.05) is 0 Å². The first-order chi connectivity index (χ1) is 9.65. The second kappa shape index (κ2) is 5.44. The average molecular weight is 292 g/mol. The predicted octanol–water partition coefficient (Wildman–Crippen LogP) is 2.97. The smallest absolute Gasteiger partial charge is 0.269 e. The highest BCUT2D eigenvalue weighted by atomic mass is 32.2. The first kappa shape index (κ1) is 13.4. The Balaban J connectivity index is 1.73. The van der Waals surface area contributed by atoms with Crippen LogP contribution in [-0.2, 0) is 4.79 Å². The Morgan fingerprint density at radius 1 is 1.35 bits per heavy atom. The van der Waals surface area contributed by atoms with Crippen LogP contribution in [-0.4, -0.2) is 28.0 Å². The van der Waals surface area contributed by atoms with Crippen molar-refractivity contribution < 1.29 is 9.72 Å². The minimum absolute atomic E-state index is 0.0158. The normalized spacial score (nSPS) is 22.0. The van der Waals surface area contributed by atoms with Crippen LogP contribution in [0.4, 0.5) is 5.69 Å². The summed E-state index contributed by atoms with van der Waals surface area (Å²) < 4.78 is 0. The van der Waals surface area contributed by atoms with E-state index in [4.69, 9.17) is 0 Å². The molecule has 3 rings (SSSR count). The maximum absolute atomic E-state index is 12.3. The molecule has 1 aliphatic carbocycles. The van der Waals surface area contributed by atoms with Crippen molar-refractivity contribution in [3.8, 4) is 0 Å². The van der Waals surface area contributed by atoms with Gasteiger partial charge < -0.3 is 4.90 Å². The summed E-state index contributed by atoms with van der Waals surface area (Å²) in [5.74, 6) is 1.74. The van der Waals surface area contributed by atoms with Crippen LogP contribution in [0.25, 0.3) is 0 Å². The number of benzene rings is 1.